The number of aliphatic hydroxyl groups excluding tert-OH is 1. The van der Waals surface area contributed by atoms with Crippen molar-refractivity contribution >= 4 is 5.69 Å². The minimum atomic E-state index is -0.858. The van der Waals surface area contributed by atoms with Crippen LogP contribution >= 0.6 is 0 Å². The fraction of sp³-hybridized carbons (Fsp3) is 0.200. The van der Waals surface area contributed by atoms with Crippen LogP contribution in [0.1, 0.15) is 17.2 Å². The molecule has 0 radical (unpaired) electrons. The molecule has 1 atom stereocenters. The zero-order chi connectivity index (χ0) is 15.2. The molecule has 0 spiro atoms. The molecule has 6 heteroatoms. The number of halogens is 1. The molecule has 110 valence electrons. The number of nitrogens with one attached hydrogen (secondary N) is 1. The van der Waals surface area contributed by atoms with Gasteiger partial charge in [-0.1, -0.05) is 36.4 Å². The van der Waals surface area contributed by atoms with Gasteiger partial charge in [0, 0.05) is 19.2 Å². The number of nitro benzene ring substituents is 1. The van der Waals surface area contributed by atoms with E-state index < -0.39 is 22.5 Å². The highest BCUT2D eigenvalue weighted by molar-refractivity contribution is 5.34. The third kappa shape index (κ3) is 4.08. The van der Waals surface area contributed by atoms with E-state index in [4.69, 9.17) is 0 Å². The molecule has 0 aromatic heterocycles. The van der Waals surface area contributed by atoms with Gasteiger partial charge >= 0.3 is 5.69 Å². The van der Waals surface area contributed by atoms with Gasteiger partial charge in [0.05, 0.1) is 11.0 Å². The van der Waals surface area contributed by atoms with Gasteiger partial charge in [-0.05, 0) is 17.2 Å². The molecule has 0 aliphatic heterocycles. The minimum Gasteiger partial charge on any atom is -0.387 e. The maximum Gasteiger partial charge on any atom is 0.304 e. The van der Waals surface area contributed by atoms with E-state index in [-0.39, 0.29) is 0 Å². The number of benzene rings is 2. The first-order valence-electron chi connectivity index (χ1n) is 6.44. The highest BCUT2D eigenvalue weighted by atomic mass is 19.1. The Bertz CT molecular complexity index is 620. The first-order chi connectivity index (χ1) is 10.1. The van der Waals surface area contributed by atoms with Crippen molar-refractivity contribution in [3.05, 3.63) is 75.6 Å². The second kappa shape index (κ2) is 6.92. The molecule has 0 aliphatic carbocycles. The van der Waals surface area contributed by atoms with Gasteiger partial charge in [-0.15, -0.1) is 0 Å². The number of hydrogen-bond acceptors (Lipinski definition) is 4. The largest absolute Gasteiger partial charge is 0.387 e. The predicted octanol–water partition coefficient (Wildman–Crippen LogP) is 2.56. The van der Waals surface area contributed by atoms with Crippen LogP contribution in [0.4, 0.5) is 10.1 Å². The molecule has 0 fully saturated rings. The molecular weight excluding hydrogens is 275 g/mol. The monoisotopic (exact) mass is 290 g/mol. The van der Waals surface area contributed by atoms with Crippen LogP contribution in [-0.4, -0.2) is 16.6 Å². The Morgan fingerprint density at radius 3 is 2.57 bits per heavy atom. The van der Waals surface area contributed by atoms with Gasteiger partial charge in [0.2, 0.25) is 5.82 Å². The third-order valence-electron chi connectivity index (χ3n) is 3.06. The smallest absolute Gasteiger partial charge is 0.304 e. The summed E-state index contributed by atoms with van der Waals surface area (Å²) >= 11 is 0. The summed E-state index contributed by atoms with van der Waals surface area (Å²) in [6.07, 6.45) is -0.658. The first kappa shape index (κ1) is 15.1. The molecule has 2 aromatic carbocycles. The lowest BCUT2D eigenvalue weighted by Crippen LogP contribution is -2.21. The molecular formula is C15H15FN2O3. The van der Waals surface area contributed by atoms with Crippen molar-refractivity contribution < 1.29 is 14.4 Å². The summed E-state index contributed by atoms with van der Waals surface area (Å²) in [5.74, 6) is -0.858. The van der Waals surface area contributed by atoms with Crippen LogP contribution in [0.25, 0.3) is 0 Å². The summed E-state index contributed by atoms with van der Waals surface area (Å²) in [4.78, 5) is 9.75. The lowest BCUT2D eigenvalue weighted by Gasteiger charge is -2.12. The zero-order valence-electron chi connectivity index (χ0n) is 11.2. The first-order valence-corrected chi connectivity index (χ1v) is 6.44. The Balaban J connectivity index is 1.89. The molecule has 5 nitrogen and oxygen atoms in total. The lowest BCUT2D eigenvalue weighted by atomic mass is 10.1. The second-order valence-electron chi connectivity index (χ2n) is 4.60. The number of hydrogen-bond donors (Lipinski definition) is 2. The van der Waals surface area contributed by atoms with Crippen LogP contribution < -0.4 is 5.32 Å². The SMILES string of the molecule is O=[N+]([O-])c1ccc(CNCC(O)c2ccccc2)cc1F. The third-order valence-corrected chi connectivity index (χ3v) is 3.06. The molecule has 0 saturated carbocycles. The van der Waals surface area contributed by atoms with Gasteiger partial charge in [-0.2, -0.15) is 4.39 Å². The van der Waals surface area contributed by atoms with E-state index in [0.29, 0.717) is 18.7 Å². The van der Waals surface area contributed by atoms with Crippen molar-refractivity contribution in [3.8, 4) is 0 Å². The minimum absolute atomic E-state index is 0.308. The van der Waals surface area contributed by atoms with Gasteiger partial charge in [0.25, 0.3) is 0 Å². The van der Waals surface area contributed by atoms with Crippen molar-refractivity contribution in [3.63, 3.8) is 0 Å². The molecule has 1 unspecified atom stereocenters. The molecule has 0 bridgehead atoms. The molecule has 2 aromatic rings. The summed E-state index contributed by atoms with van der Waals surface area (Å²) in [6.45, 7) is 0.626. The van der Waals surface area contributed by atoms with Crippen molar-refractivity contribution in [1.82, 2.24) is 5.32 Å². The van der Waals surface area contributed by atoms with Crippen LogP contribution in [0, 0.1) is 15.9 Å². The lowest BCUT2D eigenvalue weighted by molar-refractivity contribution is -0.387. The van der Waals surface area contributed by atoms with Crippen LogP contribution in [0.15, 0.2) is 48.5 Å². The predicted molar refractivity (Wildman–Crippen MR) is 76.2 cm³/mol. The molecule has 0 saturated heterocycles. The Morgan fingerprint density at radius 1 is 1.24 bits per heavy atom. The number of rotatable bonds is 6. The molecule has 21 heavy (non-hydrogen) atoms. The normalized spacial score (nSPS) is 12.1. The van der Waals surface area contributed by atoms with Crippen LogP contribution in [0.5, 0.6) is 0 Å². The fourth-order valence-corrected chi connectivity index (χ4v) is 1.95. The zero-order valence-corrected chi connectivity index (χ0v) is 11.2. The van der Waals surface area contributed by atoms with E-state index in [2.05, 4.69) is 5.32 Å². The van der Waals surface area contributed by atoms with Crippen LogP contribution in [0.2, 0.25) is 0 Å². The summed E-state index contributed by atoms with van der Waals surface area (Å²) in [7, 11) is 0. The van der Waals surface area contributed by atoms with Crippen LogP contribution in [0.3, 0.4) is 0 Å². The maximum absolute atomic E-state index is 13.4. The van der Waals surface area contributed by atoms with Gasteiger partial charge in [-0.25, -0.2) is 0 Å². The Kier molecular flexibility index (Phi) is 4.97. The second-order valence-corrected chi connectivity index (χ2v) is 4.60. The summed E-state index contributed by atoms with van der Waals surface area (Å²) in [6, 6.07) is 12.9. The number of nitrogens with zero attached hydrogens (tertiary/aromatic N) is 1. The fourth-order valence-electron chi connectivity index (χ4n) is 1.95. The van der Waals surface area contributed by atoms with Gasteiger partial charge in [0.15, 0.2) is 0 Å². The molecule has 0 aliphatic rings. The number of nitro groups is 1. The Hall–Kier alpha value is -2.31. The van der Waals surface area contributed by atoms with Gasteiger partial charge < -0.3 is 10.4 Å². The summed E-state index contributed by atoms with van der Waals surface area (Å²) in [5, 5.41) is 23.4. The van der Waals surface area contributed by atoms with Gasteiger partial charge in [0.1, 0.15) is 0 Å². The van der Waals surface area contributed by atoms with E-state index in [1.807, 2.05) is 30.3 Å². The highest BCUT2D eigenvalue weighted by Crippen LogP contribution is 2.18. The van der Waals surface area contributed by atoms with Crippen molar-refractivity contribution in [1.29, 1.82) is 0 Å². The van der Waals surface area contributed by atoms with E-state index in [9.17, 15) is 19.6 Å². The molecule has 0 amide bonds. The Morgan fingerprint density at radius 2 is 1.95 bits per heavy atom. The standard InChI is InChI=1S/C15H15FN2O3/c16-13-8-11(6-7-14(13)18(20)21)9-17-10-15(19)12-4-2-1-3-5-12/h1-8,15,17,19H,9-10H2. The average molecular weight is 290 g/mol. The van der Waals surface area contributed by atoms with Crippen LogP contribution in [-0.2, 0) is 6.54 Å². The molecule has 2 rings (SSSR count). The van der Waals surface area contributed by atoms with E-state index in [1.54, 1.807) is 0 Å². The summed E-state index contributed by atoms with van der Waals surface area (Å²) < 4.78 is 13.4. The van der Waals surface area contributed by atoms with E-state index in [1.165, 1.54) is 6.07 Å². The Labute approximate surface area is 121 Å². The topological polar surface area (TPSA) is 75.4 Å². The maximum atomic E-state index is 13.4. The van der Waals surface area contributed by atoms with Crippen molar-refractivity contribution in [2.75, 3.05) is 6.54 Å². The number of aliphatic hydroxyl groups is 1. The van der Waals surface area contributed by atoms with E-state index in [0.717, 1.165) is 17.7 Å². The van der Waals surface area contributed by atoms with E-state index >= 15 is 0 Å². The van der Waals surface area contributed by atoms with Crippen molar-refractivity contribution in [2.24, 2.45) is 0 Å². The quantitative estimate of drug-likeness (QED) is 0.633. The average Bonchev–Trinajstić information content (AvgIpc) is 2.47. The molecule has 2 N–H and O–H groups in total. The highest BCUT2D eigenvalue weighted by Gasteiger charge is 2.13. The van der Waals surface area contributed by atoms with Crippen molar-refractivity contribution in [2.45, 2.75) is 12.6 Å². The summed E-state index contributed by atoms with van der Waals surface area (Å²) in [5.41, 5.74) is 0.835. The molecule has 0 heterocycles. The van der Waals surface area contributed by atoms with Gasteiger partial charge in [-0.3, -0.25) is 10.1 Å².